The van der Waals surface area contributed by atoms with Crippen LogP contribution in [-0.2, 0) is 16.0 Å². The summed E-state index contributed by atoms with van der Waals surface area (Å²) >= 11 is 5.81. The summed E-state index contributed by atoms with van der Waals surface area (Å²) < 4.78 is 0. The molecule has 1 aromatic rings. The molecule has 2 N–H and O–H groups in total. The monoisotopic (exact) mass is 239 g/mol. The molecule has 1 aromatic carbocycles. The molecule has 0 fully saturated rings. The van der Waals surface area contributed by atoms with Crippen LogP contribution in [0.1, 0.15) is 12.0 Å². The van der Waals surface area contributed by atoms with Crippen LogP contribution in [0.15, 0.2) is 18.2 Å². The Morgan fingerprint density at radius 2 is 2.19 bits per heavy atom. The lowest BCUT2D eigenvalue weighted by atomic mass is 9.97. The van der Waals surface area contributed by atoms with Gasteiger partial charge in [-0.1, -0.05) is 17.7 Å². The molecule has 1 amide bonds. The van der Waals surface area contributed by atoms with Crippen molar-refractivity contribution in [3.05, 3.63) is 28.8 Å². The van der Waals surface area contributed by atoms with E-state index in [9.17, 15) is 9.59 Å². The first kappa shape index (κ1) is 11.0. The Kier molecular flexibility index (Phi) is 2.83. The molecule has 1 aliphatic rings. The Bertz CT molecular complexity index is 459. The van der Waals surface area contributed by atoms with Crippen molar-refractivity contribution in [3.63, 3.8) is 0 Å². The second kappa shape index (κ2) is 4.14. The first-order valence-corrected chi connectivity index (χ1v) is 5.25. The van der Waals surface area contributed by atoms with Crippen LogP contribution in [0, 0.1) is 5.92 Å². The Morgan fingerprint density at radius 3 is 2.88 bits per heavy atom. The average Bonchev–Trinajstić information content (AvgIpc) is 2.35. The van der Waals surface area contributed by atoms with Crippen LogP contribution in [-0.4, -0.2) is 17.0 Å². The third kappa shape index (κ3) is 2.17. The zero-order valence-electron chi connectivity index (χ0n) is 8.37. The van der Waals surface area contributed by atoms with Gasteiger partial charge in [-0.25, -0.2) is 0 Å². The van der Waals surface area contributed by atoms with Crippen molar-refractivity contribution in [1.29, 1.82) is 0 Å². The summed E-state index contributed by atoms with van der Waals surface area (Å²) in [5.74, 6) is -1.89. The van der Waals surface area contributed by atoms with E-state index in [2.05, 4.69) is 5.32 Å². The molecule has 0 spiro atoms. The zero-order chi connectivity index (χ0) is 11.7. The standard InChI is InChI=1S/C11H10ClNO3/c12-8-2-1-6-3-7(11(15)16)4-10(14)13-9(6)5-8/h1-2,5,7H,3-4H2,(H,13,14)(H,15,16). The highest BCUT2D eigenvalue weighted by Gasteiger charge is 2.26. The Labute approximate surface area is 97.2 Å². The molecule has 0 radical (unpaired) electrons. The maximum atomic E-state index is 11.5. The van der Waals surface area contributed by atoms with Gasteiger partial charge in [0, 0.05) is 17.1 Å². The summed E-state index contributed by atoms with van der Waals surface area (Å²) in [6.45, 7) is 0. The smallest absolute Gasteiger partial charge is 0.307 e. The third-order valence-corrected chi connectivity index (χ3v) is 2.83. The molecule has 1 atom stereocenters. The van der Waals surface area contributed by atoms with Gasteiger partial charge in [0.2, 0.25) is 5.91 Å². The normalized spacial score (nSPS) is 19.6. The fourth-order valence-corrected chi connectivity index (χ4v) is 1.95. The SMILES string of the molecule is O=C1CC(C(=O)O)Cc2ccc(Cl)cc2N1. The Balaban J connectivity index is 2.39. The molecule has 0 saturated heterocycles. The number of benzene rings is 1. The van der Waals surface area contributed by atoms with E-state index in [0.717, 1.165) is 5.56 Å². The van der Waals surface area contributed by atoms with Crippen LogP contribution in [0.5, 0.6) is 0 Å². The quantitative estimate of drug-likeness (QED) is 0.787. The number of aliphatic carboxylic acids is 1. The van der Waals surface area contributed by atoms with E-state index in [1.807, 2.05) is 0 Å². The molecule has 16 heavy (non-hydrogen) atoms. The zero-order valence-corrected chi connectivity index (χ0v) is 9.12. The number of halogens is 1. The van der Waals surface area contributed by atoms with Gasteiger partial charge in [0.15, 0.2) is 0 Å². The first-order chi connectivity index (χ1) is 7.56. The molecule has 5 heteroatoms. The summed E-state index contributed by atoms with van der Waals surface area (Å²) in [4.78, 5) is 22.4. The highest BCUT2D eigenvalue weighted by molar-refractivity contribution is 6.31. The number of rotatable bonds is 1. The molecule has 1 unspecified atom stereocenters. The van der Waals surface area contributed by atoms with Gasteiger partial charge < -0.3 is 10.4 Å². The minimum absolute atomic E-state index is 0.00162. The van der Waals surface area contributed by atoms with Gasteiger partial charge in [0.1, 0.15) is 0 Å². The second-order valence-electron chi connectivity index (χ2n) is 3.79. The summed E-state index contributed by atoms with van der Waals surface area (Å²) in [6, 6.07) is 5.08. The van der Waals surface area contributed by atoms with Crippen LogP contribution in [0.25, 0.3) is 0 Å². The van der Waals surface area contributed by atoms with Gasteiger partial charge in [0.25, 0.3) is 0 Å². The van der Waals surface area contributed by atoms with E-state index in [4.69, 9.17) is 16.7 Å². The molecule has 1 aliphatic heterocycles. The number of carboxylic acid groups (broad SMARTS) is 1. The van der Waals surface area contributed by atoms with Gasteiger partial charge in [0.05, 0.1) is 5.92 Å². The van der Waals surface area contributed by atoms with E-state index in [-0.39, 0.29) is 12.3 Å². The van der Waals surface area contributed by atoms with E-state index in [1.165, 1.54) is 0 Å². The third-order valence-electron chi connectivity index (χ3n) is 2.59. The molecular formula is C11H10ClNO3. The van der Waals surface area contributed by atoms with Crippen molar-refractivity contribution in [1.82, 2.24) is 0 Å². The number of hydrogen-bond acceptors (Lipinski definition) is 2. The summed E-state index contributed by atoms with van der Waals surface area (Å²) in [7, 11) is 0. The van der Waals surface area contributed by atoms with Gasteiger partial charge in [-0.3, -0.25) is 9.59 Å². The summed E-state index contributed by atoms with van der Waals surface area (Å²) in [6.07, 6.45) is 0.349. The highest BCUT2D eigenvalue weighted by atomic mass is 35.5. The number of carboxylic acids is 1. The molecule has 0 aliphatic carbocycles. The Morgan fingerprint density at radius 1 is 1.44 bits per heavy atom. The predicted octanol–water partition coefficient (Wildman–Crippen LogP) is 1.93. The van der Waals surface area contributed by atoms with Gasteiger partial charge >= 0.3 is 5.97 Å². The van der Waals surface area contributed by atoms with Crippen molar-refractivity contribution in [2.45, 2.75) is 12.8 Å². The molecule has 2 rings (SSSR count). The van der Waals surface area contributed by atoms with Crippen LogP contribution >= 0.6 is 11.6 Å². The Hall–Kier alpha value is -1.55. The lowest BCUT2D eigenvalue weighted by Crippen LogP contribution is -2.20. The van der Waals surface area contributed by atoms with E-state index >= 15 is 0 Å². The maximum absolute atomic E-state index is 11.5. The molecular weight excluding hydrogens is 230 g/mol. The summed E-state index contributed by atoms with van der Waals surface area (Å²) in [5, 5.41) is 12.1. The van der Waals surface area contributed by atoms with Crippen molar-refractivity contribution in [2.75, 3.05) is 5.32 Å². The number of anilines is 1. The molecule has 1 heterocycles. The molecule has 0 saturated carbocycles. The van der Waals surface area contributed by atoms with Crippen LogP contribution in [0.3, 0.4) is 0 Å². The maximum Gasteiger partial charge on any atom is 0.307 e. The lowest BCUT2D eigenvalue weighted by Gasteiger charge is -2.07. The summed E-state index contributed by atoms with van der Waals surface area (Å²) in [5.41, 5.74) is 1.42. The fraction of sp³-hybridized carbons (Fsp3) is 0.273. The molecule has 0 bridgehead atoms. The van der Waals surface area contributed by atoms with Crippen molar-refractivity contribution in [2.24, 2.45) is 5.92 Å². The number of fused-ring (bicyclic) bond motifs is 1. The van der Waals surface area contributed by atoms with Gasteiger partial charge in [-0.15, -0.1) is 0 Å². The van der Waals surface area contributed by atoms with Gasteiger partial charge in [-0.05, 0) is 24.1 Å². The average molecular weight is 240 g/mol. The highest BCUT2D eigenvalue weighted by Crippen LogP contribution is 2.27. The number of amides is 1. The van der Waals surface area contributed by atoms with Crippen LogP contribution in [0.2, 0.25) is 5.02 Å². The lowest BCUT2D eigenvalue weighted by molar-refractivity contribution is -0.143. The largest absolute Gasteiger partial charge is 0.481 e. The molecule has 84 valence electrons. The first-order valence-electron chi connectivity index (χ1n) is 4.87. The van der Waals surface area contributed by atoms with Crippen molar-refractivity contribution in [3.8, 4) is 0 Å². The van der Waals surface area contributed by atoms with Crippen molar-refractivity contribution < 1.29 is 14.7 Å². The molecule has 0 aromatic heterocycles. The van der Waals surface area contributed by atoms with E-state index in [0.29, 0.717) is 17.1 Å². The topological polar surface area (TPSA) is 66.4 Å². The number of hydrogen-bond donors (Lipinski definition) is 2. The van der Waals surface area contributed by atoms with E-state index in [1.54, 1.807) is 18.2 Å². The number of carbonyl (C=O) groups excluding carboxylic acids is 1. The van der Waals surface area contributed by atoms with Gasteiger partial charge in [-0.2, -0.15) is 0 Å². The van der Waals surface area contributed by atoms with Crippen molar-refractivity contribution >= 4 is 29.2 Å². The minimum Gasteiger partial charge on any atom is -0.481 e. The molecule has 4 nitrogen and oxygen atoms in total. The fourth-order valence-electron chi connectivity index (χ4n) is 1.78. The van der Waals surface area contributed by atoms with Crippen LogP contribution in [0.4, 0.5) is 5.69 Å². The van der Waals surface area contributed by atoms with E-state index < -0.39 is 11.9 Å². The number of carbonyl (C=O) groups is 2. The van der Waals surface area contributed by atoms with Crippen LogP contribution < -0.4 is 5.32 Å². The number of nitrogens with one attached hydrogen (secondary N) is 1. The minimum atomic E-state index is -0.946. The predicted molar refractivity (Wildman–Crippen MR) is 59.5 cm³/mol. The second-order valence-corrected chi connectivity index (χ2v) is 4.23.